The van der Waals surface area contributed by atoms with Gasteiger partial charge >= 0.3 is 11.4 Å². The van der Waals surface area contributed by atoms with Gasteiger partial charge in [-0.1, -0.05) is 17.7 Å². The van der Waals surface area contributed by atoms with Gasteiger partial charge in [0.25, 0.3) is 10.1 Å². The van der Waals surface area contributed by atoms with E-state index in [4.69, 9.17) is 9.29 Å². The summed E-state index contributed by atoms with van der Waals surface area (Å²) in [6.45, 7) is 1.84. The Kier molecular flexibility index (Phi) is 8.06. The summed E-state index contributed by atoms with van der Waals surface area (Å²) in [4.78, 5) is 33.2. The zero-order chi connectivity index (χ0) is 29.9. The summed E-state index contributed by atoms with van der Waals surface area (Å²) in [7, 11) is -2.75. The molecule has 0 atom stereocenters. The van der Waals surface area contributed by atoms with Gasteiger partial charge < -0.3 is 15.0 Å². The number of nitro groups is 1. The Morgan fingerprint density at radius 3 is 2.44 bits per heavy atom. The van der Waals surface area contributed by atoms with Gasteiger partial charge in [-0.25, -0.2) is 18.7 Å². The molecule has 2 aromatic heterocycles. The van der Waals surface area contributed by atoms with Crippen molar-refractivity contribution in [2.45, 2.75) is 11.8 Å². The number of aromatic nitrogens is 4. The second-order valence-electron chi connectivity index (χ2n) is 8.34. The molecule has 0 amide bonds. The van der Waals surface area contributed by atoms with Crippen LogP contribution in [0.3, 0.4) is 0 Å². The molecule has 2 heterocycles. The molecule has 0 spiro atoms. The van der Waals surface area contributed by atoms with E-state index in [-0.39, 0.29) is 33.6 Å². The number of nitrogens with zero attached hydrogens (tertiary/aromatic N) is 4. The summed E-state index contributed by atoms with van der Waals surface area (Å²) >= 11 is 0. The lowest BCUT2D eigenvalue weighted by atomic mass is 10.2. The fourth-order valence-electron chi connectivity index (χ4n) is 3.63. The van der Waals surface area contributed by atoms with Crippen LogP contribution in [-0.4, -0.2) is 44.5 Å². The molecule has 0 aliphatic heterocycles. The van der Waals surface area contributed by atoms with Gasteiger partial charge in [-0.3, -0.25) is 14.7 Å². The predicted octanol–water partition coefficient (Wildman–Crippen LogP) is 4.29. The Labute approximate surface area is 230 Å². The SMILES string of the molecule is COc1cc(F)c([N+](=O)[O-])cc1Nc1nccc(-n2c(=O)[nH]c3cc(F)ccc32)n1.Cc1ccc(S(=O)(=O)O)cc1. The Bertz CT molecular complexity index is 1930. The fraction of sp³-hybridized carbons (Fsp3) is 0.0800. The lowest BCUT2D eigenvalue weighted by Crippen LogP contribution is -2.16. The smallest absolute Gasteiger partial charge is 0.332 e. The molecule has 0 aliphatic rings. The molecule has 5 rings (SSSR count). The number of halogens is 2. The van der Waals surface area contributed by atoms with Gasteiger partial charge in [0, 0.05) is 24.4 Å². The van der Waals surface area contributed by atoms with Crippen molar-refractivity contribution in [3.63, 3.8) is 0 Å². The van der Waals surface area contributed by atoms with Crippen molar-refractivity contribution in [2.75, 3.05) is 12.4 Å². The van der Waals surface area contributed by atoms with Gasteiger partial charge in [-0.05, 0) is 37.3 Å². The summed E-state index contributed by atoms with van der Waals surface area (Å²) in [6, 6.07) is 13.1. The number of nitrogens with one attached hydrogen (secondary N) is 2. The first-order valence-corrected chi connectivity index (χ1v) is 12.9. The van der Waals surface area contributed by atoms with E-state index in [0.717, 1.165) is 17.7 Å². The molecular formula is C25H20F2N6O7S. The topological polar surface area (TPSA) is 182 Å². The molecule has 16 heteroatoms. The number of ether oxygens (including phenoxy) is 1. The largest absolute Gasteiger partial charge is 0.494 e. The van der Waals surface area contributed by atoms with Gasteiger partial charge in [0.05, 0.1) is 33.6 Å². The number of rotatable bonds is 6. The molecule has 212 valence electrons. The van der Waals surface area contributed by atoms with Crippen LogP contribution in [0, 0.1) is 28.7 Å². The van der Waals surface area contributed by atoms with Crippen LogP contribution in [0.25, 0.3) is 16.9 Å². The maximum absolute atomic E-state index is 13.8. The number of benzene rings is 3. The number of fused-ring (bicyclic) bond motifs is 1. The molecule has 3 N–H and O–H groups in total. The molecule has 0 unspecified atom stereocenters. The van der Waals surface area contributed by atoms with Crippen molar-refractivity contribution >= 4 is 38.5 Å². The van der Waals surface area contributed by atoms with E-state index in [0.29, 0.717) is 5.52 Å². The van der Waals surface area contributed by atoms with Crippen LogP contribution in [0.2, 0.25) is 0 Å². The van der Waals surface area contributed by atoms with Crippen LogP contribution in [0.5, 0.6) is 5.75 Å². The Hall–Kier alpha value is -5.22. The van der Waals surface area contributed by atoms with Gasteiger partial charge in [-0.2, -0.15) is 17.8 Å². The van der Waals surface area contributed by atoms with Crippen LogP contribution in [0.15, 0.2) is 76.6 Å². The maximum atomic E-state index is 13.8. The number of imidazole rings is 1. The van der Waals surface area contributed by atoms with Gasteiger partial charge in [0.2, 0.25) is 11.8 Å². The molecule has 41 heavy (non-hydrogen) atoms. The minimum Gasteiger partial charge on any atom is -0.494 e. The maximum Gasteiger partial charge on any atom is 0.332 e. The molecule has 13 nitrogen and oxygen atoms in total. The highest BCUT2D eigenvalue weighted by Gasteiger charge is 2.20. The normalized spacial score (nSPS) is 11.0. The summed E-state index contributed by atoms with van der Waals surface area (Å²) in [5.74, 6) is -1.45. The van der Waals surface area contributed by atoms with E-state index in [1.54, 1.807) is 12.1 Å². The molecule has 0 saturated heterocycles. The first-order valence-electron chi connectivity index (χ1n) is 11.4. The fourth-order valence-corrected chi connectivity index (χ4v) is 4.11. The molecule has 0 bridgehead atoms. The van der Waals surface area contributed by atoms with Crippen molar-refractivity contribution in [1.82, 2.24) is 19.5 Å². The summed E-state index contributed by atoms with van der Waals surface area (Å²) in [5.41, 5.74) is 0.373. The zero-order valence-corrected chi connectivity index (χ0v) is 22.0. The first kappa shape index (κ1) is 28.8. The van der Waals surface area contributed by atoms with Crippen LogP contribution >= 0.6 is 0 Å². The number of methoxy groups -OCH3 is 1. The lowest BCUT2D eigenvalue weighted by molar-refractivity contribution is -0.387. The van der Waals surface area contributed by atoms with Gasteiger partial charge in [0.1, 0.15) is 17.4 Å². The molecular weight excluding hydrogens is 566 g/mol. The van der Waals surface area contributed by atoms with E-state index < -0.39 is 38.1 Å². The standard InChI is InChI=1S/C18H12F2N6O4.C7H8O3S/c1-30-15-7-10(20)14(26(28)29)8-12(15)22-17-21-5-4-16(24-17)25-13-3-2-9(19)6-11(13)23-18(25)27;1-6-2-4-7(5-3-6)11(8,9)10/h2-8H,1H3,(H,23,27)(H,21,22,24);2-5H,1H3,(H,8,9,10). The van der Waals surface area contributed by atoms with E-state index in [2.05, 4.69) is 20.3 Å². The molecule has 5 aromatic rings. The average Bonchev–Trinajstić information content (AvgIpc) is 3.24. The zero-order valence-electron chi connectivity index (χ0n) is 21.2. The third kappa shape index (κ3) is 6.51. The molecule has 0 radical (unpaired) electrons. The quantitative estimate of drug-likeness (QED) is 0.147. The Balaban J connectivity index is 0.000000296. The minimum atomic E-state index is -4.02. The van der Waals surface area contributed by atoms with Crippen molar-refractivity contribution in [3.8, 4) is 11.6 Å². The van der Waals surface area contributed by atoms with E-state index >= 15 is 0 Å². The number of aromatic amines is 1. The number of aryl methyl sites for hydroxylation is 1. The van der Waals surface area contributed by atoms with Crippen molar-refractivity contribution in [1.29, 1.82) is 0 Å². The number of hydrogen-bond donors (Lipinski definition) is 3. The van der Waals surface area contributed by atoms with Crippen LogP contribution in [0.1, 0.15) is 5.56 Å². The molecule has 0 aliphatic carbocycles. The minimum absolute atomic E-state index is 0.00756. The van der Waals surface area contributed by atoms with E-state index in [1.807, 2.05) is 6.92 Å². The summed E-state index contributed by atoms with van der Waals surface area (Å²) in [6.07, 6.45) is 1.35. The van der Waals surface area contributed by atoms with Gasteiger partial charge in [-0.15, -0.1) is 0 Å². The molecule has 0 fully saturated rings. The molecule has 3 aromatic carbocycles. The highest BCUT2D eigenvalue weighted by molar-refractivity contribution is 7.85. The van der Waals surface area contributed by atoms with E-state index in [1.165, 1.54) is 54.3 Å². The summed E-state index contributed by atoms with van der Waals surface area (Å²) < 4.78 is 63.1. The number of H-pyrrole nitrogens is 1. The van der Waals surface area contributed by atoms with Crippen molar-refractivity contribution < 1.29 is 31.4 Å². The van der Waals surface area contributed by atoms with E-state index in [9.17, 15) is 32.1 Å². The highest BCUT2D eigenvalue weighted by Crippen LogP contribution is 2.33. The van der Waals surface area contributed by atoms with Crippen molar-refractivity contribution in [3.05, 3.63) is 105 Å². The second kappa shape index (κ2) is 11.5. The number of hydrogen-bond acceptors (Lipinski definition) is 9. The number of anilines is 2. The lowest BCUT2D eigenvalue weighted by Gasteiger charge is -2.11. The second-order valence-corrected chi connectivity index (χ2v) is 9.76. The van der Waals surface area contributed by atoms with Crippen LogP contribution < -0.4 is 15.7 Å². The molecule has 0 saturated carbocycles. The number of nitro benzene ring substituents is 1. The third-order valence-corrected chi connectivity index (χ3v) is 6.41. The highest BCUT2D eigenvalue weighted by atomic mass is 32.2. The summed E-state index contributed by atoms with van der Waals surface area (Å²) in [5, 5.41) is 13.7. The monoisotopic (exact) mass is 586 g/mol. The van der Waals surface area contributed by atoms with Crippen LogP contribution in [0.4, 0.5) is 26.1 Å². The predicted molar refractivity (Wildman–Crippen MR) is 143 cm³/mol. The Morgan fingerprint density at radius 2 is 1.80 bits per heavy atom. The Morgan fingerprint density at radius 1 is 1.10 bits per heavy atom. The van der Waals surface area contributed by atoms with Crippen LogP contribution in [-0.2, 0) is 10.1 Å². The first-order chi connectivity index (χ1) is 19.4. The average molecular weight is 587 g/mol. The third-order valence-electron chi connectivity index (χ3n) is 5.55. The van der Waals surface area contributed by atoms with Crippen molar-refractivity contribution in [2.24, 2.45) is 0 Å². The van der Waals surface area contributed by atoms with Gasteiger partial charge in [0.15, 0.2) is 0 Å².